The van der Waals surface area contributed by atoms with Gasteiger partial charge in [-0.1, -0.05) is 25.6 Å². The maximum absolute atomic E-state index is 12.3. The molecule has 1 fully saturated rings. The second kappa shape index (κ2) is 9.55. The molecule has 3 aromatic rings. The number of H-pyrrole nitrogens is 1. The number of para-hydroxylation sites is 1. The molecule has 4 rings (SSSR count). The van der Waals surface area contributed by atoms with Crippen LogP contribution in [0.25, 0.3) is 10.9 Å². The largest absolute Gasteiger partial charge is 0.309 e. The average Bonchev–Trinajstić information content (AvgIpc) is 2.70. The number of thioether (sulfide) groups is 1. The van der Waals surface area contributed by atoms with E-state index in [0.29, 0.717) is 10.6 Å². The Bertz CT molecular complexity index is 1020. The minimum Gasteiger partial charge on any atom is -0.309 e. The summed E-state index contributed by atoms with van der Waals surface area (Å²) in [5, 5.41) is 1.28. The Labute approximate surface area is 177 Å². The number of aryl methyl sites for hydroxylation is 2. The molecular formula is C23H30N4OS. The molecule has 1 N–H and O–H groups in total. The number of likely N-dealkylation sites (tertiary alicyclic amines) is 1. The third-order valence-electron chi connectivity index (χ3n) is 5.47. The average molecular weight is 411 g/mol. The normalized spacial score (nSPS) is 15.4. The van der Waals surface area contributed by atoms with Gasteiger partial charge in [-0.2, -0.15) is 11.8 Å². The Hall–Kier alpha value is -2.18. The highest BCUT2D eigenvalue weighted by Crippen LogP contribution is 2.27. The Morgan fingerprint density at radius 3 is 2.66 bits per heavy atom. The van der Waals surface area contributed by atoms with Gasteiger partial charge in [-0.15, -0.1) is 0 Å². The molecule has 6 heteroatoms. The first kappa shape index (κ1) is 21.5. The van der Waals surface area contributed by atoms with E-state index in [1.165, 1.54) is 11.3 Å². The van der Waals surface area contributed by atoms with E-state index in [1.54, 1.807) is 0 Å². The van der Waals surface area contributed by atoms with Crippen LogP contribution in [0.2, 0.25) is 0 Å². The van der Waals surface area contributed by atoms with E-state index in [-0.39, 0.29) is 13.0 Å². The summed E-state index contributed by atoms with van der Waals surface area (Å²) in [4.78, 5) is 27.0. The van der Waals surface area contributed by atoms with Crippen molar-refractivity contribution < 1.29 is 0 Å². The summed E-state index contributed by atoms with van der Waals surface area (Å²) in [6.45, 7) is 7.25. The van der Waals surface area contributed by atoms with Crippen LogP contribution in [0.3, 0.4) is 0 Å². The molecule has 0 unspecified atom stereocenters. The Kier molecular flexibility index (Phi) is 7.09. The molecule has 1 saturated heterocycles. The zero-order valence-corrected chi connectivity index (χ0v) is 17.3. The molecule has 1 aliphatic rings. The summed E-state index contributed by atoms with van der Waals surface area (Å²) >= 11 is 1.91. The number of benzene rings is 1. The Morgan fingerprint density at radius 1 is 1.14 bits per heavy atom. The first-order valence-electron chi connectivity index (χ1n) is 9.83. The summed E-state index contributed by atoms with van der Waals surface area (Å²) in [5.74, 6) is 1.53. The lowest BCUT2D eigenvalue weighted by molar-refractivity contribution is 0.222. The second-order valence-corrected chi connectivity index (χ2v) is 8.83. The standard InChI is InChI=1S/C22H26N4OS.CH4/c1-15-6-4-10-23-19(15)13-26-11-8-17(9-12-26)28-14-20-24-21-16(2)5-3-7-18(21)22(27)25-20;/h3-7,10,17H,8-9,11-14H2,1-2H3,(H,24,25,27);1H4. The molecule has 0 atom stereocenters. The van der Waals surface area contributed by atoms with Gasteiger partial charge in [0.05, 0.1) is 22.3 Å². The van der Waals surface area contributed by atoms with Crippen LogP contribution in [-0.4, -0.2) is 38.2 Å². The van der Waals surface area contributed by atoms with Gasteiger partial charge in [0.2, 0.25) is 0 Å². The van der Waals surface area contributed by atoms with Gasteiger partial charge in [0.25, 0.3) is 5.56 Å². The molecule has 2 aromatic heterocycles. The van der Waals surface area contributed by atoms with Gasteiger partial charge < -0.3 is 4.98 Å². The Morgan fingerprint density at radius 2 is 1.90 bits per heavy atom. The van der Waals surface area contributed by atoms with E-state index in [0.717, 1.165) is 55.1 Å². The Balaban J connectivity index is 0.00000240. The first-order chi connectivity index (χ1) is 13.6. The molecular weight excluding hydrogens is 380 g/mol. The summed E-state index contributed by atoms with van der Waals surface area (Å²) in [7, 11) is 0. The van der Waals surface area contributed by atoms with Gasteiger partial charge in [-0.3, -0.25) is 14.7 Å². The fraction of sp³-hybridized carbons (Fsp3) is 0.435. The van der Waals surface area contributed by atoms with Crippen LogP contribution in [0.5, 0.6) is 0 Å². The molecule has 0 amide bonds. The minimum atomic E-state index is -0.0372. The maximum Gasteiger partial charge on any atom is 0.258 e. The van der Waals surface area contributed by atoms with Gasteiger partial charge in [0.15, 0.2) is 0 Å². The van der Waals surface area contributed by atoms with Crippen molar-refractivity contribution in [3.8, 4) is 0 Å². The topological polar surface area (TPSA) is 61.9 Å². The number of fused-ring (bicyclic) bond motifs is 1. The number of piperidine rings is 1. The number of nitrogens with zero attached hydrogens (tertiary/aromatic N) is 3. The molecule has 0 spiro atoms. The number of hydrogen-bond donors (Lipinski definition) is 1. The highest BCUT2D eigenvalue weighted by Gasteiger charge is 2.20. The molecule has 0 saturated carbocycles. The molecule has 0 bridgehead atoms. The summed E-state index contributed by atoms with van der Waals surface area (Å²) in [5.41, 5.74) is 4.28. The molecule has 0 radical (unpaired) electrons. The molecule has 5 nitrogen and oxygen atoms in total. The maximum atomic E-state index is 12.3. The SMILES string of the molecule is C.Cc1cccnc1CN1CCC(SCc2nc3c(C)cccc3c(=O)[nH]2)CC1. The quantitative estimate of drug-likeness (QED) is 0.672. The lowest BCUT2D eigenvalue weighted by Gasteiger charge is -2.31. The smallest absolute Gasteiger partial charge is 0.258 e. The lowest BCUT2D eigenvalue weighted by Crippen LogP contribution is -2.34. The number of pyridine rings is 1. The fourth-order valence-electron chi connectivity index (χ4n) is 3.75. The van der Waals surface area contributed by atoms with Gasteiger partial charge in [0, 0.05) is 18.0 Å². The van der Waals surface area contributed by atoms with Crippen molar-refractivity contribution in [2.45, 2.75) is 51.7 Å². The summed E-state index contributed by atoms with van der Waals surface area (Å²) in [6.07, 6.45) is 4.20. The van der Waals surface area contributed by atoms with Crippen molar-refractivity contribution in [3.63, 3.8) is 0 Å². The molecule has 29 heavy (non-hydrogen) atoms. The summed E-state index contributed by atoms with van der Waals surface area (Å²) in [6, 6.07) is 9.87. The van der Waals surface area contributed by atoms with Gasteiger partial charge in [0.1, 0.15) is 5.82 Å². The van der Waals surface area contributed by atoms with Crippen LogP contribution in [0, 0.1) is 13.8 Å². The summed E-state index contributed by atoms with van der Waals surface area (Å²) < 4.78 is 0. The lowest BCUT2D eigenvalue weighted by atomic mass is 10.1. The molecule has 154 valence electrons. The van der Waals surface area contributed by atoms with Crippen LogP contribution >= 0.6 is 11.8 Å². The molecule has 1 aromatic carbocycles. The van der Waals surface area contributed by atoms with Gasteiger partial charge in [-0.05, 0) is 63.0 Å². The number of hydrogen-bond acceptors (Lipinski definition) is 5. The molecule has 3 heterocycles. The van der Waals surface area contributed by atoms with Crippen molar-refractivity contribution >= 4 is 22.7 Å². The predicted molar refractivity (Wildman–Crippen MR) is 122 cm³/mol. The zero-order chi connectivity index (χ0) is 19.5. The van der Waals surface area contributed by atoms with E-state index in [4.69, 9.17) is 4.98 Å². The highest BCUT2D eigenvalue weighted by atomic mass is 32.2. The predicted octanol–water partition coefficient (Wildman–Crippen LogP) is 4.47. The second-order valence-electron chi connectivity index (χ2n) is 7.54. The van der Waals surface area contributed by atoms with Crippen LogP contribution in [0.15, 0.2) is 41.3 Å². The van der Waals surface area contributed by atoms with Crippen molar-refractivity contribution in [1.29, 1.82) is 0 Å². The van der Waals surface area contributed by atoms with Crippen molar-refractivity contribution in [3.05, 3.63) is 69.5 Å². The number of aromatic amines is 1. The monoisotopic (exact) mass is 410 g/mol. The van der Waals surface area contributed by atoms with E-state index in [9.17, 15) is 4.79 Å². The van der Waals surface area contributed by atoms with E-state index < -0.39 is 0 Å². The fourth-order valence-corrected chi connectivity index (χ4v) is 4.82. The van der Waals surface area contributed by atoms with Crippen LogP contribution in [0.1, 0.15) is 42.9 Å². The third kappa shape index (κ3) is 5.06. The van der Waals surface area contributed by atoms with Crippen LogP contribution in [0.4, 0.5) is 0 Å². The van der Waals surface area contributed by atoms with Crippen LogP contribution < -0.4 is 5.56 Å². The molecule has 1 aliphatic heterocycles. The highest BCUT2D eigenvalue weighted by molar-refractivity contribution is 7.99. The third-order valence-corrected chi connectivity index (χ3v) is 6.85. The van der Waals surface area contributed by atoms with E-state index in [2.05, 4.69) is 27.9 Å². The molecule has 0 aliphatic carbocycles. The van der Waals surface area contributed by atoms with Crippen molar-refractivity contribution in [1.82, 2.24) is 19.9 Å². The zero-order valence-electron chi connectivity index (χ0n) is 16.4. The van der Waals surface area contributed by atoms with Crippen molar-refractivity contribution in [2.24, 2.45) is 0 Å². The van der Waals surface area contributed by atoms with E-state index >= 15 is 0 Å². The number of rotatable bonds is 5. The van der Waals surface area contributed by atoms with Crippen LogP contribution in [-0.2, 0) is 12.3 Å². The van der Waals surface area contributed by atoms with Crippen molar-refractivity contribution in [2.75, 3.05) is 13.1 Å². The number of nitrogens with one attached hydrogen (secondary N) is 1. The van der Waals surface area contributed by atoms with E-state index in [1.807, 2.05) is 49.1 Å². The van der Waals surface area contributed by atoms with Gasteiger partial charge >= 0.3 is 0 Å². The number of aromatic nitrogens is 3. The first-order valence-corrected chi connectivity index (χ1v) is 10.9. The minimum absolute atomic E-state index is 0. The van der Waals surface area contributed by atoms with Gasteiger partial charge in [-0.25, -0.2) is 4.98 Å².